The number of pyridine rings is 1. The molecule has 0 saturated carbocycles. The number of hydrogen-bond acceptors (Lipinski definition) is 3. The van der Waals surface area contributed by atoms with Gasteiger partial charge in [-0.15, -0.1) is 11.6 Å². The van der Waals surface area contributed by atoms with Crippen molar-refractivity contribution in [3.63, 3.8) is 0 Å². The van der Waals surface area contributed by atoms with Crippen LogP contribution in [0.5, 0.6) is 5.75 Å². The van der Waals surface area contributed by atoms with Gasteiger partial charge in [-0.05, 0) is 12.1 Å². The van der Waals surface area contributed by atoms with Crippen molar-refractivity contribution in [1.82, 2.24) is 4.98 Å². The average molecular weight is 251 g/mol. The summed E-state index contributed by atoms with van der Waals surface area (Å²) in [6.45, 7) is 0.769. The molecule has 4 heteroatoms. The molecule has 17 heavy (non-hydrogen) atoms. The van der Waals surface area contributed by atoms with Gasteiger partial charge in [0.25, 0.3) is 0 Å². The van der Waals surface area contributed by atoms with E-state index in [1.165, 1.54) is 0 Å². The van der Waals surface area contributed by atoms with E-state index in [9.17, 15) is 0 Å². The Hall–Kier alpha value is -1.48. The number of alkyl halides is 1. The van der Waals surface area contributed by atoms with Crippen LogP contribution in [-0.2, 0) is 0 Å². The zero-order valence-electron chi connectivity index (χ0n) is 9.98. The highest BCUT2D eigenvalue weighted by atomic mass is 35.5. The summed E-state index contributed by atoms with van der Waals surface area (Å²) < 4.78 is 5.35. The van der Waals surface area contributed by atoms with Crippen molar-refractivity contribution < 1.29 is 4.74 Å². The van der Waals surface area contributed by atoms with Crippen molar-refractivity contribution in [1.29, 1.82) is 0 Å². The zero-order chi connectivity index (χ0) is 12.3. The smallest absolute Gasteiger partial charge is 0.136 e. The van der Waals surface area contributed by atoms with Crippen LogP contribution in [0.4, 0.5) is 5.82 Å². The predicted molar refractivity (Wildman–Crippen MR) is 72.3 cm³/mol. The Morgan fingerprint density at radius 2 is 2.12 bits per heavy atom. The first-order chi connectivity index (χ1) is 8.27. The quantitative estimate of drug-likeness (QED) is 0.781. The molecule has 2 aromatic rings. The van der Waals surface area contributed by atoms with Crippen LogP contribution in [0.1, 0.15) is 0 Å². The maximum absolute atomic E-state index is 5.76. The SMILES string of the molecule is COc1cccc2c(N(C)CCCl)nccc12. The van der Waals surface area contributed by atoms with E-state index < -0.39 is 0 Å². The molecule has 1 aromatic heterocycles. The van der Waals surface area contributed by atoms with Gasteiger partial charge < -0.3 is 9.64 Å². The lowest BCUT2D eigenvalue weighted by molar-refractivity contribution is 0.420. The number of benzene rings is 1. The van der Waals surface area contributed by atoms with Gasteiger partial charge in [0, 0.05) is 36.4 Å². The van der Waals surface area contributed by atoms with E-state index in [4.69, 9.17) is 16.3 Å². The second-order valence-corrected chi connectivity index (χ2v) is 4.18. The normalized spacial score (nSPS) is 10.5. The van der Waals surface area contributed by atoms with Crippen LogP contribution in [0.25, 0.3) is 10.8 Å². The van der Waals surface area contributed by atoms with Gasteiger partial charge in [0.15, 0.2) is 0 Å². The second kappa shape index (κ2) is 5.23. The fourth-order valence-electron chi connectivity index (χ4n) is 1.88. The lowest BCUT2D eigenvalue weighted by Crippen LogP contribution is -2.20. The van der Waals surface area contributed by atoms with Gasteiger partial charge >= 0.3 is 0 Å². The number of fused-ring (bicyclic) bond motifs is 1. The molecule has 2 rings (SSSR count). The Kier molecular flexibility index (Phi) is 3.69. The first-order valence-electron chi connectivity index (χ1n) is 5.46. The summed E-state index contributed by atoms with van der Waals surface area (Å²) in [5.74, 6) is 2.38. The minimum Gasteiger partial charge on any atom is -0.496 e. The fourth-order valence-corrected chi connectivity index (χ4v) is 2.13. The Morgan fingerprint density at radius 1 is 1.29 bits per heavy atom. The van der Waals surface area contributed by atoms with Crippen molar-refractivity contribution in [2.45, 2.75) is 0 Å². The Balaban J connectivity index is 2.57. The molecule has 0 fully saturated rings. The molecule has 0 bridgehead atoms. The predicted octanol–water partition coefficient (Wildman–Crippen LogP) is 2.92. The van der Waals surface area contributed by atoms with Crippen LogP contribution < -0.4 is 9.64 Å². The monoisotopic (exact) mass is 250 g/mol. The van der Waals surface area contributed by atoms with Gasteiger partial charge in [-0.25, -0.2) is 4.98 Å². The highest BCUT2D eigenvalue weighted by Crippen LogP contribution is 2.30. The summed E-state index contributed by atoms with van der Waals surface area (Å²) in [6, 6.07) is 7.94. The van der Waals surface area contributed by atoms with Crippen LogP contribution in [0.3, 0.4) is 0 Å². The van der Waals surface area contributed by atoms with E-state index >= 15 is 0 Å². The van der Waals surface area contributed by atoms with Crippen LogP contribution in [0.15, 0.2) is 30.5 Å². The third-order valence-corrected chi connectivity index (χ3v) is 2.92. The number of anilines is 1. The first kappa shape index (κ1) is 12.0. The molecular weight excluding hydrogens is 236 g/mol. The number of nitrogens with zero attached hydrogens (tertiary/aromatic N) is 2. The number of rotatable bonds is 4. The molecule has 0 aliphatic rings. The van der Waals surface area contributed by atoms with Crippen LogP contribution in [-0.4, -0.2) is 31.6 Å². The van der Waals surface area contributed by atoms with Gasteiger partial charge in [0.05, 0.1) is 7.11 Å². The molecule has 1 heterocycles. The summed E-state index contributed by atoms with van der Waals surface area (Å²) in [6.07, 6.45) is 1.80. The minimum absolute atomic E-state index is 0.582. The molecule has 0 unspecified atom stereocenters. The highest BCUT2D eigenvalue weighted by Gasteiger charge is 2.09. The molecule has 0 atom stereocenters. The lowest BCUT2D eigenvalue weighted by Gasteiger charge is -2.19. The van der Waals surface area contributed by atoms with Crippen molar-refractivity contribution >= 4 is 28.2 Å². The molecule has 0 saturated heterocycles. The molecular formula is C13H15ClN2O. The molecule has 0 aliphatic carbocycles. The molecule has 0 N–H and O–H groups in total. The summed E-state index contributed by atoms with van der Waals surface area (Å²) in [7, 11) is 3.67. The minimum atomic E-state index is 0.582. The number of hydrogen-bond donors (Lipinski definition) is 0. The van der Waals surface area contributed by atoms with Crippen LogP contribution >= 0.6 is 11.6 Å². The number of halogens is 1. The maximum atomic E-state index is 5.76. The third-order valence-electron chi connectivity index (χ3n) is 2.75. The van der Waals surface area contributed by atoms with E-state index in [0.29, 0.717) is 5.88 Å². The number of aromatic nitrogens is 1. The molecule has 0 radical (unpaired) electrons. The Labute approximate surface area is 106 Å². The van der Waals surface area contributed by atoms with Crippen molar-refractivity contribution in [3.05, 3.63) is 30.5 Å². The summed E-state index contributed by atoms with van der Waals surface area (Å²) in [4.78, 5) is 6.46. The van der Waals surface area contributed by atoms with Crippen LogP contribution in [0, 0.1) is 0 Å². The van der Waals surface area contributed by atoms with Crippen molar-refractivity contribution in [2.24, 2.45) is 0 Å². The topological polar surface area (TPSA) is 25.4 Å². The standard InChI is InChI=1S/C13H15ClN2O/c1-16(9-7-14)13-11-4-3-5-12(17-2)10(11)6-8-15-13/h3-6,8H,7,9H2,1-2H3. The van der Waals surface area contributed by atoms with Gasteiger partial charge in [-0.2, -0.15) is 0 Å². The fraction of sp³-hybridized carbons (Fsp3) is 0.308. The van der Waals surface area contributed by atoms with E-state index in [2.05, 4.69) is 9.88 Å². The van der Waals surface area contributed by atoms with E-state index in [0.717, 1.165) is 28.9 Å². The van der Waals surface area contributed by atoms with Gasteiger partial charge in [0.2, 0.25) is 0 Å². The average Bonchev–Trinajstić information content (AvgIpc) is 2.37. The summed E-state index contributed by atoms with van der Waals surface area (Å²) >= 11 is 5.76. The Morgan fingerprint density at radius 3 is 2.82 bits per heavy atom. The molecule has 3 nitrogen and oxygen atoms in total. The number of ether oxygens (including phenoxy) is 1. The molecule has 0 amide bonds. The lowest BCUT2D eigenvalue weighted by atomic mass is 10.1. The molecule has 1 aromatic carbocycles. The van der Waals surface area contributed by atoms with E-state index in [-0.39, 0.29) is 0 Å². The Bertz CT molecular complexity index is 516. The van der Waals surface area contributed by atoms with E-state index in [1.807, 2.05) is 31.3 Å². The largest absolute Gasteiger partial charge is 0.496 e. The highest BCUT2D eigenvalue weighted by molar-refractivity contribution is 6.18. The second-order valence-electron chi connectivity index (χ2n) is 3.80. The summed E-state index contributed by atoms with van der Waals surface area (Å²) in [5.41, 5.74) is 0. The first-order valence-corrected chi connectivity index (χ1v) is 6.00. The number of methoxy groups -OCH3 is 1. The zero-order valence-corrected chi connectivity index (χ0v) is 10.7. The van der Waals surface area contributed by atoms with E-state index in [1.54, 1.807) is 13.3 Å². The molecule has 0 spiro atoms. The molecule has 90 valence electrons. The molecule has 0 aliphatic heterocycles. The van der Waals surface area contributed by atoms with Crippen molar-refractivity contribution in [2.75, 3.05) is 31.5 Å². The maximum Gasteiger partial charge on any atom is 0.136 e. The van der Waals surface area contributed by atoms with Gasteiger partial charge in [-0.1, -0.05) is 12.1 Å². The van der Waals surface area contributed by atoms with Gasteiger partial charge in [-0.3, -0.25) is 0 Å². The summed E-state index contributed by atoms with van der Waals surface area (Å²) in [5, 5.41) is 2.15. The van der Waals surface area contributed by atoms with Crippen molar-refractivity contribution in [3.8, 4) is 5.75 Å². The van der Waals surface area contributed by atoms with Crippen LogP contribution in [0.2, 0.25) is 0 Å². The third kappa shape index (κ3) is 2.29. The van der Waals surface area contributed by atoms with Gasteiger partial charge in [0.1, 0.15) is 11.6 Å².